The van der Waals surface area contributed by atoms with Gasteiger partial charge in [-0.15, -0.1) is 12.4 Å². The fourth-order valence-corrected chi connectivity index (χ4v) is 0.847. The Morgan fingerprint density at radius 3 is 2.43 bits per heavy atom. The third kappa shape index (κ3) is 3.64. The summed E-state index contributed by atoms with van der Waals surface area (Å²) in [5, 5.41) is 0. The smallest absolute Gasteiger partial charge is 0.365 e. The normalized spacial score (nSPS) is 11.0. The van der Waals surface area contributed by atoms with Gasteiger partial charge in [-0.25, -0.2) is 4.79 Å². The van der Waals surface area contributed by atoms with Crippen LogP contribution in [0.3, 0.4) is 0 Å². The Labute approximate surface area is 88.4 Å². The molecule has 0 saturated heterocycles. The van der Waals surface area contributed by atoms with Crippen molar-refractivity contribution in [2.24, 2.45) is 5.90 Å². The van der Waals surface area contributed by atoms with Crippen LogP contribution in [-0.2, 0) is 9.63 Å². The van der Waals surface area contributed by atoms with Gasteiger partial charge < -0.3 is 9.57 Å². The van der Waals surface area contributed by atoms with Gasteiger partial charge in [0.05, 0.1) is 0 Å². The minimum atomic E-state index is -0.688. The second-order valence-corrected chi connectivity index (χ2v) is 2.51. The molecule has 4 nitrogen and oxygen atoms in total. The first-order valence-corrected chi connectivity index (χ1v) is 3.86. The highest BCUT2D eigenvalue weighted by Gasteiger charge is 2.14. The maximum atomic E-state index is 10.8. The number of benzene rings is 1. The highest BCUT2D eigenvalue weighted by molar-refractivity contribution is 5.85. The molecule has 1 aromatic rings. The SMILES string of the molecule is CC(Oc1ccccc1)C(=O)ON.Cl. The van der Waals surface area contributed by atoms with Crippen LogP contribution in [0.25, 0.3) is 0 Å². The Bertz CT molecular complexity index is 279. The van der Waals surface area contributed by atoms with Crippen molar-refractivity contribution in [1.29, 1.82) is 0 Å². The second kappa shape index (κ2) is 6.23. The van der Waals surface area contributed by atoms with Gasteiger partial charge >= 0.3 is 5.97 Å². The lowest BCUT2D eigenvalue weighted by atomic mass is 10.3. The van der Waals surface area contributed by atoms with Crippen molar-refractivity contribution in [3.05, 3.63) is 30.3 Å². The summed E-state index contributed by atoms with van der Waals surface area (Å²) >= 11 is 0. The van der Waals surface area contributed by atoms with E-state index in [-0.39, 0.29) is 12.4 Å². The van der Waals surface area contributed by atoms with Crippen LogP contribution in [0.5, 0.6) is 5.75 Å². The third-order valence-electron chi connectivity index (χ3n) is 1.50. The first-order chi connectivity index (χ1) is 6.24. The first-order valence-electron chi connectivity index (χ1n) is 3.86. The molecule has 0 spiro atoms. The van der Waals surface area contributed by atoms with E-state index in [2.05, 4.69) is 4.84 Å². The molecule has 0 aliphatic carbocycles. The number of para-hydroxylation sites is 1. The summed E-state index contributed by atoms with van der Waals surface area (Å²) in [6.45, 7) is 1.57. The van der Waals surface area contributed by atoms with Gasteiger partial charge in [-0.05, 0) is 19.1 Å². The van der Waals surface area contributed by atoms with Crippen molar-refractivity contribution in [1.82, 2.24) is 0 Å². The van der Waals surface area contributed by atoms with Crippen molar-refractivity contribution in [3.63, 3.8) is 0 Å². The summed E-state index contributed by atoms with van der Waals surface area (Å²) < 4.78 is 5.21. The van der Waals surface area contributed by atoms with Crippen molar-refractivity contribution in [3.8, 4) is 5.75 Å². The lowest BCUT2D eigenvalue weighted by Crippen LogP contribution is -2.28. The molecule has 1 rings (SSSR count). The summed E-state index contributed by atoms with van der Waals surface area (Å²) in [4.78, 5) is 14.9. The van der Waals surface area contributed by atoms with E-state index in [0.29, 0.717) is 5.75 Å². The highest BCUT2D eigenvalue weighted by Crippen LogP contribution is 2.10. The zero-order valence-electron chi connectivity index (χ0n) is 7.67. The lowest BCUT2D eigenvalue weighted by molar-refractivity contribution is -0.151. The molecule has 0 bridgehead atoms. The summed E-state index contributed by atoms with van der Waals surface area (Å²) in [6, 6.07) is 8.99. The number of nitrogens with two attached hydrogens (primary N) is 1. The van der Waals surface area contributed by atoms with Crippen molar-refractivity contribution in [2.75, 3.05) is 0 Å². The largest absolute Gasteiger partial charge is 0.479 e. The van der Waals surface area contributed by atoms with Gasteiger partial charge in [-0.2, -0.15) is 5.90 Å². The van der Waals surface area contributed by atoms with E-state index in [1.165, 1.54) is 0 Å². The average molecular weight is 218 g/mol. The third-order valence-corrected chi connectivity index (χ3v) is 1.50. The molecule has 1 unspecified atom stereocenters. The first kappa shape index (κ1) is 12.7. The Balaban J connectivity index is 0.00000169. The van der Waals surface area contributed by atoms with Gasteiger partial charge in [0.15, 0.2) is 6.10 Å². The number of ether oxygens (including phenoxy) is 1. The quantitative estimate of drug-likeness (QED) is 0.776. The number of rotatable bonds is 3. The fourth-order valence-electron chi connectivity index (χ4n) is 0.847. The molecule has 0 aliphatic rings. The van der Waals surface area contributed by atoms with E-state index >= 15 is 0 Å². The predicted octanol–water partition coefficient (Wildman–Crippen LogP) is 1.29. The molecule has 14 heavy (non-hydrogen) atoms. The number of hydrogen-bond acceptors (Lipinski definition) is 4. The van der Waals surface area contributed by atoms with Gasteiger partial charge in [-0.3, -0.25) is 0 Å². The van der Waals surface area contributed by atoms with E-state index in [4.69, 9.17) is 10.6 Å². The molecular formula is C9H12ClNO3. The minimum Gasteiger partial charge on any atom is -0.479 e. The molecule has 0 radical (unpaired) electrons. The molecule has 0 amide bonds. The van der Waals surface area contributed by atoms with Crippen LogP contribution in [0.4, 0.5) is 0 Å². The Hall–Kier alpha value is -1.26. The summed E-state index contributed by atoms with van der Waals surface area (Å²) in [5.74, 6) is 4.71. The molecule has 0 heterocycles. The molecule has 0 aliphatic heterocycles. The van der Waals surface area contributed by atoms with E-state index in [1.54, 1.807) is 19.1 Å². The molecule has 1 atom stereocenters. The molecule has 1 aromatic carbocycles. The Morgan fingerprint density at radius 2 is 1.93 bits per heavy atom. The lowest BCUT2D eigenvalue weighted by Gasteiger charge is -2.10. The van der Waals surface area contributed by atoms with Crippen LogP contribution in [0.1, 0.15) is 6.92 Å². The van der Waals surface area contributed by atoms with Gasteiger partial charge in [0.1, 0.15) is 5.75 Å². The van der Waals surface area contributed by atoms with E-state index in [9.17, 15) is 4.79 Å². The summed E-state index contributed by atoms with van der Waals surface area (Å²) in [7, 11) is 0. The predicted molar refractivity (Wildman–Crippen MR) is 54.1 cm³/mol. The molecule has 0 saturated carbocycles. The van der Waals surface area contributed by atoms with Crippen LogP contribution in [-0.4, -0.2) is 12.1 Å². The zero-order chi connectivity index (χ0) is 9.68. The fraction of sp³-hybridized carbons (Fsp3) is 0.222. The Kier molecular flexibility index (Phi) is 5.67. The number of carbonyl (C=O) groups is 1. The van der Waals surface area contributed by atoms with E-state index in [0.717, 1.165) is 0 Å². The van der Waals surface area contributed by atoms with E-state index < -0.39 is 12.1 Å². The standard InChI is InChI=1S/C9H11NO3.ClH/c1-7(9(11)13-10)12-8-5-3-2-4-6-8;/h2-7H,10H2,1H3;1H. The zero-order valence-corrected chi connectivity index (χ0v) is 8.49. The minimum absolute atomic E-state index is 0. The average Bonchev–Trinajstić information content (AvgIpc) is 2.18. The number of carbonyl (C=O) groups excluding carboxylic acids is 1. The van der Waals surface area contributed by atoms with Crippen molar-refractivity contribution < 1.29 is 14.4 Å². The Morgan fingerprint density at radius 1 is 1.36 bits per heavy atom. The highest BCUT2D eigenvalue weighted by atomic mass is 35.5. The van der Waals surface area contributed by atoms with Gasteiger partial charge in [0.2, 0.25) is 0 Å². The van der Waals surface area contributed by atoms with Crippen LogP contribution in [0.2, 0.25) is 0 Å². The number of hydrogen-bond donors (Lipinski definition) is 1. The van der Waals surface area contributed by atoms with Crippen LogP contribution in [0, 0.1) is 0 Å². The number of halogens is 1. The molecule has 2 N–H and O–H groups in total. The molecular weight excluding hydrogens is 206 g/mol. The topological polar surface area (TPSA) is 61.5 Å². The second-order valence-electron chi connectivity index (χ2n) is 2.51. The van der Waals surface area contributed by atoms with Crippen molar-refractivity contribution >= 4 is 18.4 Å². The maximum absolute atomic E-state index is 10.8. The molecule has 0 fully saturated rings. The van der Waals surface area contributed by atoms with Crippen LogP contribution in [0.15, 0.2) is 30.3 Å². The van der Waals surface area contributed by atoms with E-state index in [1.807, 2.05) is 18.2 Å². The maximum Gasteiger partial charge on any atom is 0.365 e. The van der Waals surface area contributed by atoms with Gasteiger partial charge in [-0.1, -0.05) is 18.2 Å². The summed E-state index contributed by atoms with van der Waals surface area (Å²) in [5.41, 5.74) is 0. The molecule has 5 heteroatoms. The molecule has 0 aromatic heterocycles. The molecule has 78 valence electrons. The van der Waals surface area contributed by atoms with Crippen LogP contribution < -0.4 is 10.6 Å². The van der Waals surface area contributed by atoms with Gasteiger partial charge in [0.25, 0.3) is 0 Å². The monoisotopic (exact) mass is 217 g/mol. The summed E-state index contributed by atoms with van der Waals surface area (Å²) in [6.07, 6.45) is -0.688. The van der Waals surface area contributed by atoms with Gasteiger partial charge in [0, 0.05) is 0 Å². The van der Waals surface area contributed by atoms with Crippen LogP contribution >= 0.6 is 12.4 Å². The van der Waals surface area contributed by atoms with Crippen molar-refractivity contribution in [2.45, 2.75) is 13.0 Å².